The molecule has 13 nitrogen and oxygen atoms in total. The Morgan fingerprint density at radius 3 is 2.17 bits per heavy atom. The molecule has 16 heteroatoms. The first kappa shape index (κ1) is 39.8. The predicted octanol–water partition coefficient (Wildman–Crippen LogP) is 4.58. The molecule has 4 rings (SSSR count). The Morgan fingerprint density at radius 2 is 1.55 bits per heavy atom. The van der Waals surface area contributed by atoms with Crippen LogP contribution in [0.3, 0.4) is 0 Å². The van der Waals surface area contributed by atoms with Crippen LogP contribution in [0.1, 0.15) is 31.4 Å². The number of ketones is 1. The highest BCUT2D eigenvalue weighted by molar-refractivity contribution is 6.30. The number of rotatable bonds is 16. The van der Waals surface area contributed by atoms with Gasteiger partial charge >= 0.3 is 12.1 Å². The number of halogens is 3. The van der Waals surface area contributed by atoms with E-state index in [2.05, 4.69) is 15.6 Å². The molecule has 278 valence electrons. The van der Waals surface area contributed by atoms with Crippen LogP contribution in [-0.2, 0) is 43.5 Å². The van der Waals surface area contributed by atoms with Crippen molar-refractivity contribution < 1.29 is 37.5 Å². The summed E-state index contributed by atoms with van der Waals surface area (Å²) in [6.45, 7) is 2.85. The minimum atomic E-state index is -4.50. The molecule has 0 fully saturated rings. The van der Waals surface area contributed by atoms with Crippen molar-refractivity contribution in [1.82, 2.24) is 25.1 Å². The average molecular weight is 751 g/mol. The van der Waals surface area contributed by atoms with Gasteiger partial charge in [-0.15, -0.1) is 0 Å². The Bertz CT molecular complexity index is 1990. The van der Waals surface area contributed by atoms with E-state index in [0.29, 0.717) is 16.7 Å². The molecule has 3 N–H and O–H groups in total. The monoisotopic (exact) mass is 750 g/mol. The van der Waals surface area contributed by atoms with Crippen LogP contribution in [0.2, 0.25) is 5.02 Å². The van der Waals surface area contributed by atoms with Crippen molar-refractivity contribution in [3.8, 4) is 11.4 Å². The second-order valence-corrected chi connectivity index (χ2v) is 12.1. The normalized spacial score (nSPS) is 11.6. The predicted molar refractivity (Wildman–Crippen MR) is 192 cm³/mol. The Balaban J connectivity index is 1.60. The van der Waals surface area contributed by atoms with Gasteiger partial charge in [0.2, 0.25) is 23.5 Å². The number of amides is 4. The highest BCUT2D eigenvalue weighted by atomic mass is 35.5. The molecule has 1 aromatic heterocycles. The first-order valence-electron chi connectivity index (χ1n) is 16.5. The van der Waals surface area contributed by atoms with E-state index in [1.165, 1.54) is 16.3 Å². The molecule has 1 unspecified atom stereocenters. The van der Waals surface area contributed by atoms with Gasteiger partial charge in [0, 0.05) is 30.1 Å². The minimum Gasteiger partial charge on any atom is -0.444 e. The fraction of sp³-hybridized carbons (Fsp3) is 0.270. The molecule has 0 aliphatic carbocycles. The molecule has 0 saturated heterocycles. The van der Waals surface area contributed by atoms with Gasteiger partial charge in [-0.25, -0.2) is 9.78 Å². The number of hydrogen-bond acceptors (Lipinski definition) is 8. The molecule has 3 aromatic carbocycles. The van der Waals surface area contributed by atoms with Crippen LogP contribution < -0.4 is 21.5 Å². The second-order valence-electron chi connectivity index (χ2n) is 11.6. The number of nitrogens with zero attached hydrogens (tertiary/aromatic N) is 3. The van der Waals surface area contributed by atoms with E-state index in [0.717, 1.165) is 10.8 Å². The van der Waals surface area contributed by atoms with Gasteiger partial charge in [-0.1, -0.05) is 84.4 Å². The lowest BCUT2D eigenvalue weighted by Gasteiger charge is -2.25. The van der Waals surface area contributed by atoms with E-state index in [4.69, 9.17) is 16.3 Å². The van der Waals surface area contributed by atoms with Crippen molar-refractivity contribution in [2.45, 2.75) is 51.9 Å². The van der Waals surface area contributed by atoms with Crippen LogP contribution in [0.15, 0.2) is 95.9 Å². The van der Waals surface area contributed by atoms with Crippen LogP contribution in [0.5, 0.6) is 0 Å². The minimum absolute atomic E-state index is 0.0720. The molecule has 53 heavy (non-hydrogen) atoms. The van der Waals surface area contributed by atoms with Gasteiger partial charge in [0.1, 0.15) is 37.1 Å². The maximum absolute atomic E-state index is 15.4. The molecule has 0 aliphatic heterocycles. The maximum atomic E-state index is 15.4. The molecule has 0 aliphatic rings. The molecular weight excluding hydrogens is 714 g/mol. The number of hydrogen-bond donors (Lipinski definition) is 3. The zero-order valence-corrected chi connectivity index (χ0v) is 29.6. The quantitative estimate of drug-likeness (QED) is 0.111. The molecule has 0 saturated carbocycles. The summed E-state index contributed by atoms with van der Waals surface area (Å²) < 4.78 is 36.8. The molecule has 4 amide bonds. The molecule has 1 heterocycles. The molecule has 0 bridgehead atoms. The number of carbonyl (C=O) groups is 5. The third-order valence-electron chi connectivity index (χ3n) is 7.85. The lowest BCUT2D eigenvalue weighted by atomic mass is 10.0. The average Bonchev–Trinajstić information content (AvgIpc) is 3.13. The van der Waals surface area contributed by atoms with E-state index >= 15 is 8.78 Å². The fourth-order valence-electron chi connectivity index (χ4n) is 5.22. The Morgan fingerprint density at radius 1 is 0.906 bits per heavy atom. The lowest BCUT2D eigenvalue weighted by molar-refractivity contribution is -0.157. The lowest BCUT2D eigenvalue weighted by Crippen LogP contribution is -2.57. The van der Waals surface area contributed by atoms with Crippen LogP contribution in [0, 0.1) is 0 Å². The summed E-state index contributed by atoms with van der Waals surface area (Å²) in [5.74, 6) is -5.09. The Labute approximate surface area is 308 Å². The summed E-state index contributed by atoms with van der Waals surface area (Å²) in [5.41, 5.74) is 0.0916. The largest absolute Gasteiger partial charge is 0.444 e. The number of ether oxygens (including phenoxy) is 1. The van der Waals surface area contributed by atoms with Crippen molar-refractivity contribution in [1.29, 1.82) is 0 Å². The van der Waals surface area contributed by atoms with Gasteiger partial charge in [0.05, 0.1) is 6.20 Å². The van der Waals surface area contributed by atoms with Gasteiger partial charge < -0.3 is 15.0 Å². The molecule has 0 radical (unpaired) electrons. The van der Waals surface area contributed by atoms with Crippen molar-refractivity contribution in [2.75, 3.05) is 18.4 Å². The zero-order valence-electron chi connectivity index (χ0n) is 28.8. The summed E-state index contributed by atoms with van der Waals surface area (Å²) in [5, 5.41) is 6.17. The van der Waals surface area contributed by atoms with Gasteiger partial charge in [0.15, 0.2) is 0 Å². The second kappa shape index (κ2) is 18.5. The number of nitrogens with one attached hydrogen (secondary N) is 3. The van der Waals surface area contributed by atoms with E-state index in [9.17, 15) is 28.8 Å². The highest BCUT2D eigenvalue weighted by Gasteiger charge is 2.45. The van der Waals surface area contributed by atoms with Crippen molar-refractivity contribution in [3.05, 3.63) is 118 Å². The molecule has 4 aromatic rings. The number of Topliss-reactive ketones (excluding diaryl/α,β-unsaturated/α-hetero) is 1. The first-order valence-corrected chi connectivity index (χ1v) is 16.9. The van der Waals surface area contributed by atoms with Crippen molar-refractivity contribution in [2.24, 2.45) is 0 Å². The summed E-state index contributed by atoms with van der Waals surface area (Å²) in [4.78, 5) is 83.5. The van der Waals surface area contributed by atoms with Gasteiger partial charge in [-0.05, 0) is 37.1 Å². The topological polar surface area (TPSA) is 169 Å². The summed E-state index contributed by atoms with van der Waals surface area (Å²) in [7, 11) is 0. The number of carbonyl (C=O) groups excluding carboxylic acids is 5. The van der Waals surface area contributed by atoms with Crippen molar-refractivity contribution >= 4 is 46.9 Å². The van der Waals surface area contributed by atoms with E-state index in [1.54, 1.807) is 92.7 Å². The summed E-state index contributed by atoms with van der Waals surface area (Å²) in [6, 6.07) is 16.5. The molecular formula is C37H37ClF2N6O7. The van der Waals surface area contributed by atoms with E-state index in [1.807, 2.05) is 0 Å². The summed E-state index contributed by atoms with van der Waals surface area (Å²) >= 11 is 6.17. The standard InChI is InChI=1S/C37H37ClF2N6O7/c1-3-45(4-2)32(49)20-30(47)44-37(39,40)33(50)28(18-24-12-7-5-8-13-24)42-31(48)22-46-34(26-16-11-17-27(38)19-26)41-21-29(35(46)51)43-36(52)53-23-25-14-9-6-10-15-25/h5-17,19,21,28H,3-4,18,20,22-23H2,1-2H3,(H,42,48)(H,43,52)(H,44,47). The van der Waals surface area contributed by atoms with E-state index in [-0.39, 0.29) is 36.2 Å². The van der Waals surface area contributed by atoms with Gasteiger partial charge in [-0.3, -0.25) is 39.2 Å². The Hall–Kier alpha value is -5.96. The zero-order chi connectivity index (χ0) is 38.5. The first-order chi connectivity index (χ1) is 25.3. The smallest absolute Gasteiger partial charge is 0.412 e. The van der Waals surface area contributed by atoms with Crippen LogP contribution >= 0.6 is 11.6 Å². The Kier molecular flexibility index (Phi) is 13.9. The van der Waals surface area contributed by atoms with Crippen LogP contribution in [0.4, 0.5) is 19.3 Å². The number of anilines is 1. The third-order valence-corrected chi connectivity index (χ3v) is 8.08. The van der Waals surface area contributed by atoms with Crippen LogP contribution in [-0.4, -0.2) is 69.2 Å². The third kappa shape index (κ3) is 11.3. The van der Waals surface area contributed by atoms with Crippen molar-refractivity contribution in [3.63, 3.8) is 0 Å². The summed E-state index contributed by atoms with van der Waals surface area (Å²) in [6.07, 6.45) is -1.27. The maximum Gasteiger partial charge on any atom is 0.412 e. The number of alkyl halides is 2. The number of benzene rings is 3. The molecule has 0 spiro atoms. The fourth-order valence-corrected chi connectivity index (χ4v) is 5.41. The SMILES string of the molecule is CCN(CC)C(=O)CC(=O)NC(F)(F)C(=O)C(Cc1ccccc1)NC(=O)Cn1c(-c2cccc(Cl)c2)ncc(NC(=O)OCc2ccccc2)c1=O. The molecule has 1 atom stereocenters. The van der Waals surface area contributed by atoms with Crippen LogP contribution in [0.25, 0.3) is 11.4 Å². The number of aromatic nitrogens is 2. The van der Waals surface area contributed by atoms with E-state index < -0.39 is 66.6 Å². The van der Waals surface area contributed by atoms with Gasteiger partial charge in [-0.2, -0.15) is 8.78 Å². The highest BCUT2D eigenvalue weighted by Crippen LogP contribution is 2.22. The van der Waals surface area contributed by atoms with Gasteiger partial charge in [0.25, 0.3) is 5.56 Å².